The molecule has 0 radical (unpaired) electrons. The highest BCUT2D eigenvalue weighted by Gasteiger charge is 2.10. The Hall–Kier alpha value is -1.22. The molecule has 1 aromatic carbocycles. The second-order valence-electron chi connectivity index (χ2n) is 4.33. The first-order valence-corrected chi connectivity index (χ1v) is 6.18. The molecule has 94 valence electrons. The van der Waals surface area contributed by atoms with Gasteiger partial charge in [0.1, 0.15) is 0 Å². The Labute approximate surface area is 108 Å². The van der Waals surface area contributed by atoms with Crippen molar-refractivity contribution in [3.63, 3.8) is 0 Å². The van der Waals surface area contributed by atoms with E-state index in [0.717, 1.165) is 11.3 Å². The van der Waals surface area contributed by atoms with Crippen molar-refractivity contribution >= 4 is 23.2 Å². The lowest BCUT2D eigenvalue weighted by molar-refractivity contribution is -0.124. The number of nitrogens with one attached hydrogen (secondary N) is 1. The van der Waals surface area contributed by atoms with Crippen LogP contribution in [0.15, 0.2) is 24.3 Å². The third-order valence-corrected chi connectivity index (χ3v) is 3.06. The number of carbonyl (C=O) groups excluding carboxylic acids is 1. The van der Waals surface area contributed by atoms with Crippen LogP contribution in [-0.2, 0) is 11.3 Å². The molecule has 4 heteroatoms. The van der Waals surface area contributed by atoms with Gasteiger partial charge in [0.15, 0.2) is 0 Å². The quantitative estimate of drug-likeness (QED) is 0.818. The summed E-state index contributed by atoms with van der Waals surface area (Å²) in [7, 11) is 4.00. The summed E-state index contributed by atoms with van der Waals surface area (Å²) in [6.07, 6.45) is 0. The van der Waals surface area contributed by atoms with Gasteiger partial charge in [-0.15, -0.1) is 11.6 Å². The molecule has 0 saturated heterocycles. The number of nitrogens with zero attached hydrogens (tertiary/aromatic N) is 1. The van der Waals surface area contributed by atoms with Crippen molar-refractivity contribution < 1.29 is 4.79 Å². The third-order valence-electron chi connectivity index (χ3n) is 2.60. The van der Waals surface area contributed by atoms with Crippen molar-refractivity contribution in [2.24, 2.45) is 5.92 Å². The summed E-state index contributed by atoms with van der Waals surface area (Å²) >= 11 is 5.62. The molecular weight excluding hydrogens is 236 g/mol. The Bertz CT molecular complexity index is 362. The molecule has 0 aliphatic heterocycles. The number of amides is 1. The number of anilines is 1. The average molecular weight is 255 g/mol. The van der Waals surface area contributed by atoms with E-state index in [2.05, 4.69) is 5.32 Å². The molecule has 1 atom stereocenters. The highest BCUT2D eigenvalue weighted by atomic mass is 35.5. The molecule has 0 fully saturated rings. The van der Waals surface area contributed by atoms with Gasteiger partial charge in [-0.05, 0) is 17.7 Å². The summed E-state index contributed by atoms with van der Waals surface area (Å²) in [5, 5.41) is 2.86. The van der Waals surface area contributed by atoms with Crippen LogP contribution in [0.1, 0.15) is 12.5 Å². The van der Waals surface area contributed by atoms with E-state index in [4.69, 9.17) is 11.6 Å². The maximum absolute atomic E-state index is 11.5. The number of halogens is 1. The first-order valence-electron chi connectivity index (χ1n) is 5.64. The van der Waals surface area contributed by atoms with Gasteiger partial charge in [0, 0.05) is 38.1 Å². The zero-order valence-electron chi connectivity index (χ0n) is 10.5. The van der Waals surface area contributed by atoms with Crippen molar-refractivity contribution in [1.82, 2.24) is 5.32 Å². The summed E-state index contributed by atoms with van der Waals surface area (Å²) in [4.78, 5) is 13.6. The van der Waals surface area contributed by atoms with Gasteiger partial charge in [0.2, 0.25) is 5.91 Å². The van der Waals surface area contributed by atoms with Gasteiger partial charge < -0.3 is 10.2 Å². The number of benzene rings is 1. The van der Waals surface area contributed by atoms with Crippen molar-refractivity contribution in [2.75, 3.05) is 24.9 Å². The van der Waals surface area contributed by atoms with Gasteiger partial charge in [-0.25, -0.2) is 0 Å². The second kappa shape index (κ2) is 6.50. The molecule has 0 aliphatic rings. The van der Waals surface area contributed by atoms with Crippen LogP contribution in [0.4, 0.5) is 5.69 Å². The van der Waals surface area contributed by atoms with Gasteiger partial charge >= 0.3 is 0 Å². The van der Waals surface area contributed by atoms with Gasteiger partial charge in [-0.3, -0.25) is 4.79 Å². The molecule has 1 N–H and O–H groups in total. The first-order chi connectivity index (χ1) is 8.04. The Kier molecular flexibility index (Phi) is 5.29. The fourth-order valence-electron chi connectivity index (χ4n) is 1.35. The first kappa shape index (κ1) is 13.8. The molecule has 1 rings (SSSR count). The summed E-state index contributed by atoms with van der Waals surface area (Å²) in [5.41, 5.74) is 2.24. The molecule has 17 heavy (non-hydrogen) atoms. The predicted octanol–water partition coefficient (Wildman–Crippen LogP) is 2.24. The molecule has 1 unspecified atom stereocenters. The van der Waals surface area contributed by atoms with Gasteiger partial charge in [0.05, 0.1) is 0 Å². The standard InChI is InChI=1S/C13H19ClN2O/c1-10(8-14)13(17)15-9-11-4-6-12(7-5-11)16(2)3/h4-7,10H,8-9H2,1-3H3,(H,15,17). The van der Waals surface area contributed by atoms with Crippen molar-refractivity contribution in [2.45, 2.75) is 13.5 Å². The molecule has 1 amide bonds. The lowest BCUT2D eigenvalue weighted by Gasteiger charge is -2.13. The maximum Gasteiger partial charge on any atom is 0.224 e. The van der Waals surface area contributed by atoms with Crippen LogP contribution in [0.2, 0.25) is 0 Å². The molecule has 0 aliphatic carbocycles. The van der Waals surface area contributed by atoms with E-state index in [1.807, 2.05) is 50.2 Å². The molecule has 0 saturated carbocycles. The van der Waals surface area contributed by atoms with E-state index in [0.29, 0.717) is 12.4 Å². The van der Waals surface area contributed by atoms with E-state index in [1.165, 1.54) is 0 Å². The Morgan fingerprint density at radius 1 is 1.35 bits per heavy atom. The lowest BCUT2D eigenvalue weighted by Crippen LogP contribution is -2.29. The lowest BCUT2D eigenvalue weighted by atomic mass is 10.1. The molecule has 0 aromatic heterocycles. The SMILES string of the molecule is CC(CCl)C(=O)NCc1ccc(N(C)C)cc1. The Morgan fingerprint density at radius 3 is 2.41 bits per heavy atom. The van der Waals surface area contributed by atoms with Crippen LogP contribution in [0.3, 0.4) is 0 Å². The molecule has 0 bridgehead atoms. The number of hydrogen-bond donors (Lipinski definition) is 1. The minimum Gasteiger partial charge on any atom is -0.378 e. The maximum atomic E-state index is 11.5. The molecular formula is C13H19ClN2O. The number of hydrogen-bond acceptors (Lipinski definition) is 2. The van der Waals surface area contributed by atoms with Crippen molar-refractivity contribution in [3.05, 3.63) is 29.8 Å². The largest absolute Gasteiger partial charge is 0.378 e. The second-order valence-corrected chi connectivity index (χ2v) is 4.64. The van der Waals surface area contributed by atoms with E-state index in [1.54, 1.807) is 0 Å². The zero-order chi connectivity index (χ0) is 12.8. The predicted molar refractivity (Wildman–Crippen MR) is 72.5 cm³/mol. The number of carbonyl (C=O) groups is 1. The van der Waals surface area contributed by atoms with E-state index in [-0.39, 0.29) is 11.8 Å². The minimum absolute atomic E-state index is 0.00307. The summed E-state index contributed by atoms with van der Waals surface area (Å²) < 4.78 is 0. The third kappa shape index (κ3) is 4.27. The zero-order valence-corrected chi connectivity index (χ0v) is 11.3. The molecule has 0 heterocycles. The number of rotatable bonds is 5. The van der Waals surface area contributed by atoms with Crippen LogP contribution in [0.5, 0.6) is 0 Å². The highest BCUT2D eigenvalue weighted by molar-refractivity contribution is 6.19. The molecule has 0 spiro atoms. The summed E-state index contributed by atoms with van der Waals surface area (Å²) in [5.74, 6) is 0.209. The van der Waals surface area contributed by atoms with E-state index >= 15 is 0 Å². The van der Waals surface area contributed by atoms with Crippen LogP contribution >= 0.6 is 11.6 Å². The smallest absolute Gasteiger partial charge is 0.224 e. The molecule has 1 aromatic rings. The summed E-state index contributed by atoms with van der Waals surface area (Å²) in [6.45, 7) is 2.37. The normalized spacial score (nSPS) is 12.0. The van der Waals surface area contributed by atoms with Gasteiger partial charge in [-0.1, -0.05) is 19.1 Å². The van der Waals surface area contributed by atoms with E-state index < -0.39 is 0 Å². The van der Waals surface area contributed by atoms with Gasteiger partial charge in [-0.2, -0.15) is 0 Å². The fourth-order valence-corrected chi connectivity index (χ4v) is 1.49. The summed E-state index contributed by atoms with van der Waals surface area (Å²) in [6, 6.07) is 8.10. The van der Waals surface area contributed by atoms with E-state index in [9.17, 15) is 4.79 Å². The Balaban J connectivity index is 2.50. The fraction of sp³-hybridized carbons (Fsp3) is 0.462. The van der Waals surface area contributed by atoms with Crippen LogP contribution in [-0.4, -0.2) is 25.9 Å². The highest BCUT2D eigenvalue weighted by Crippen LogP contribution is 2.12. The van der Waals surface area contributed by atoms with Crippen LogP contribution < -0.4 is 10.2 Å². The Morgan fingerprint density at radius 2 is 1.94 bits per heavy atom. The monoisotopic (exact) mass is 254 g/mol. The average Bonchev–Trinajstić information content (AvgIpc) is 2.35. The number of alkyl halides is 1. The van der Waals surface area contributed by atoms with Crippen molar-refractivity contribution in [1.29, 1.82) is 0 Å². The topological polar surface area (TPSA) is 32.3 Å². The van der Waals surface area contributed by atoms with Crippen molar-refractivity contribution in [3.8, 4) is 0 Å². The van der Waals surface area contributed by atoms with Gasteiger partial charge in [0.25, 0.3) is 0 Å². The minimum atomic E-state index is -0.141. The molecule has 3 nitrogen and oxygen atoms in total. The van der Waals surface area contributed by atoms with Crippen LogP contribution in [0, 0.1) is 5.92 Å². The van der Waals surface area contributed by atoms with Crippen LogP contribution in [0.25, 0.3) is 0 Å².